The van der Waals surface area contributed by atoms with Gasteiger partial charge in [-0.15, -0.1) is 0 Å². The van der Waals surface area contributed by atoms with Gasteiger partial charge in [0, 0.05) is 18.7 Å². The van der Waals surface area contributed by atoms with E-state index in [0.29, 0.717) is 48.9 Å². The third-order valence-electron chi connectivity index (χ3n) is 5.91. The van der Waals surface area contributed by atoms with E-state index in [0.717, 1.165) is 11.1 Å². The van der Waals surface area contributed by atoms with Crippen molar-refractivity contribution in [2.24, 2.45) is 5.73 Å². The van der Waals surface area contributed by atoms with Gasteiger partial charge in [0.05, 0.1) is 7.11 Å². The minimum Gasteiger partial charge on any atom is -0.493 e. The van der Waals surface area contributed by atoms with Crippen LogP contribution in [0.1, 0.15) is 27.9 Å². The number of hydrogen-bond donors (Lipinski definition) is 1. The van der Waals surface area contributed by atoms with Crippen molar-refractivity contribution in [1.29, 1.82) is 0 Å². The zero-order valence-electron chi connectivity index (χ0n) is 21.3. The molecule has 0 saturated carbocycles. The predicted octanol–water partition coefficient (Wildman–Crippen LogP) is 6.20. The molecule has 0 aliphatic carbocycles. The van der Waals surface area contributed by atoms with Crippen LogP contribution in [0.15, 0.2) is 97.1 Å². The van der Waals surface area contributed by atoms with Gasteiger partial charge in [-0.2, -0.15) is 0 Å². The lowest BCUT2D eigenvalue weighted by molar-refractivity contribution is 0.0741. The highest BCUT2D eigenvalue weighted by Crippen LogP contribution is 2.30. The van der Waals surface area contributed by atoms with Crippen molar-refractivity contribution in [1.82, 2.24) is 4.90 Å². The molecule has 0 aliphatic heterocycles. The Labute approximate surface area is 222 Å². The van der Waals surface area contributed by atoms with Crippen LogP contribution in [-0.4, -0.2) is 31.0 Å². The Morgan fingerprint density at radius 1 is 0.842 bits per heavy atom. The number of methoxy groups -OCH3 is 1. The van der Waals surface area contributed by atoms with Crippen molar-refractivity contribution in [3.63, 3.8) is 0 Å². The first-order valence-corrected chi connectivity index (χ1v) is 12.4. The summed E-state index contributed by atoms with van der Waals surface area (Å²) in [7, 11) is 1.54. The average molecular weight is 515 g/mol. The minimum absolute atomic E-state index is 0.0986. The zero-order valence-corrected chi connectivity index (χ0v) is 21.3. The molecule has 0 bridgehead atoms. The van der Waals surface area contributed by atoms with E-state index < -0.39 is 5.82 Å². The molecule has 6 nitrogen and oxygen atoms in total. The Balaban J connectivity index is 1.51. The topological polar surface area (TPSA) is 74.0 Å². The monoisotopic (exact) mass is 514 g/mol. The molecular formula is C31H31FN2O4. The van der Waals surface area contributed by atoms with Crippen LogP contribution in [0.2, 0.25) is 0 Å². The summed E-state index contributed by atoms with van der Waals surface area (Å²) in [6.07, 6.45) is 0.621. The Kier molecular flexibility index (Phi) is 9.32. The van der Waals surface area contributed by atoms with E-state index >= 15 is 0 Å². The molecular weight excluding hydrogens is 483 g/mol. The number of ether oxygens (including phenoxy) is 3. The molecule has 196 valence electrons. The molecule has 0 radical (unpaired) electrons. The number of nitrogens with two attached hydrogens (primary N) is 1. The molecule has 38 heavy (non-hydrogen) atoms. The minimum atomic E-state index is -0.478. The number of nitrogens with zero attached hydrogens (tertiary/aromatic N) is 1. The van der Waals surface area contributed by atoms with Crippen LogP contribution in [-0.2, 0) is 13.2 Å². The van der Waals surface area contributed by atoms with Gasteiger partial charge in [-0.3, -0.25) is 4.79 Å². The summed E-state index contributed by atoms with van der Waals surface area (Å²) in [4.78, 5) is 15.2. The molecule has 0 aliphatic rings. The number of carbonyl (C=O) groups is 1. The smallest absolute Gasteiger partial charge is 0.254 e. The number of carbonyl (C=O) groups excluding carboxylic acids is 1. The Morgan fingerprint density at radius 3 is 2.29 bits per heavy atom. The van der Waals surface area contributed by atoms with E-state index in [9.17, 15) is 9.18 Å². The number of rotatable bonds is 12. The molecule has 7 heteroatoms. The average Bonchev–Trinajstić information content (AvgIpc) is 2.96. The molecule has 0 aromatic heterocycles. The number of hydrogen-bond acceptors (Lipinski definition) is 5. The van der Waals surface area contributed by atoms with Crippen LogP contribution in [0.4, 0.5) is 4.39 Å². The van der Waals surface area contributed by atoms with Gasteiger partial charge in [-0.25, -0.2) is 4.39 Å². The summed E-state index contributed by atoms with van der Waals surface area (Å²) in [6.45, 7) is 1.52. The molecule has 4 rings (SSSR count). The molecule has 0 atom stereocenters. The third kappa shape index (κ3) is 7.11. The van der Waals surface area contributed by atoms with Gasteiger partial charge >= 0.3 is 0 Å². The van der Waals surface area contributed by atoms with E-state index in [1.54, 1.807) is 47.4 Å². The van der Waals surface area contributed by atoms with Crippen LogP contribution >= 0.6 is 0 Å². The molecule has 0 spiro atoms. The molecule has 0 unspecified atom stereocenters. The maximum absolute atomic E-state index is 14.5. The fraction of sp³-hybridized carbons (Fsp3) is 0.194. The van der Waals surface area contributed by atoms with Gasteiger partial charge in [0.1, 0.15) is 12.4 Å². The summed E-state index contributed by atoms with van der Waals surface area (Å²) in [5.74, 6) is 0.964. The summed E-state index contributed by atoms with van der Waals surface area (Å²) in [5.41, 5.74) is 7.95. The highest BCUT2D eigenvalue weighted by molar-refractivity contribution is 5.95. The third-order valence-corrected chi connectivity index (χ3v) is 5.91. The molecule has 1 amide bonds. The lowest BCUT2D eigenvalue weighted by Crippen LogP contribution is -2.32. The Bertz CT molecular complexity index is 1330. The SMILES string of the molecule is COc1cc(C(=O)N(CCCN)Cc2ccc(F)c(Oc3ccccc3)c2)ccc1OCc1ccccc1. The highest BCUT2D eigenvalue weighted by atomic mass is 19.1. The molecule has 0 heterocycles. The predicted molar refractivity (Wildman–Crippen MR) is 145 cm³/mol. The first-order chi connectivity index (χ1) is 18.6. The maximum Gasteiger partial charge on any atom is 0.254 e. The van der Waals surface area contributed by atoms with Crippen LogP contribution in [0, 0.1) is 5.82 Å². The van der Waals surface area contributed by atoms with Crippen molar-refractivity contribution in [2.45, 2.75) is 19.6 Å². The fourth-order valence-electron chi connectivity index (χ4n) is 3.93. The van der Waals surface area contributed by atoms with Crippen molar-refractivity contribution >= 4 is 5.91 Å². The second-order valence-electron chi connectivity index (χ2n) is 8.69. The second kappa shape index (κ2) is 13.3. The summed E-state index contributed by atoms with van der Waals surface area (Å²) in [6, 6.07) is 28.5. The van der Waals surface area contributed by atoms with Gasteiger partial charge in [-0.1, -0.05) is 54.6 Å². The second-order valence-corrected chi connectivity index (χ2v) is 8.69. The van der Waals surface area contributed by atoms with Crippen LogP contribution in [0.5, 0.6) is 23.0 Å². The van der Waals surface area contributed by atoms with Crippen molar-refractivity contribution in [2.75, 3.05) is 20.2 Å². The van der Waals surface area contributed by atoms with E-state index in [-0.39, 0.29) is 18.2 Å². The summed E-state index contributed by atoms with van der Waals surface area (Å²) < 4.78 is 31.6. The highest BCUT2D eigenvalue weighted by Gasteiger charge is 2.19. The largest absolute Gasteiger partial charge is 0.493 e. The van der Waals surface area contributed by atoms with Crippen molar-refractivity contribution < 1.29 is 23.4 Å². The van der Waals surface area contributed by atoms with Crippen LogP contribution in [0.25, 0.3) is 0 Å². The maximum atomic E-state index is 14.5. The first kappa shape index (κ1) is 26.7. The van der Waals surface area contributed by atoms with Crippen LogP contribution in [0.3, 0.4) is 0 Å². The molecule has 4 aromatic rings. The van der Waals surface area contributed by atoms with Crippen molar-refractivity contribution in [3.05, 3.63) is 120 Å². The van der Waals surface area contributed by atoms with Gasteiger partial charge in [0.2, 0.25) is 0 Å². The van der Waals surface area contributed by atoms with Gasteiger partial charge in [0.25, 0.3) is 5.91 Å². The van der Waals surface area contributed by atoms with E-state index in [1.165, 1.54) is 13.2 Å². The van der Waals surface area contributed by atoms with E-state index in [4.69, 9.17) is 19.9 Å². The Hall–Kier alpha value is -4.36. The lowest BCUT2D eigenvalue weighted by atomic mass is 10.1. The first-order valence-electron chi connectivity index (χ1n) is 12.4. The number of halogens is 1. The molecule has 0 fully saturated rings. The van der Waals surface area contributed by atoms with Gasteiger partial charge in [-0.05, 0) is 66.6 Å². The standard InChI is InChI=1S/C31H31FN2O4/c1-36-30-20-25(14-16-28(30)37-22-23-9-4-2-5-10-23)31(35)34(18-8-17-33)21-24-13-15-27(32)29(19-24)38-26-11-6-3-7-12-26/h2-7,9-16,19-20H,8,17-18,21-22,33H2,1H3. The van der Waals surface area contributed by atoms with E-state index in [2.05, 4.69) is 0 Å². The number of para-hydroxylation sites is 1. The van der Waals surface area contributed by atoms with Crippen LogP contribution < -0.4 is 19.9 Å². The molecule has 0 saturated heterocycles. The van der Waals surface area contributed by atoms with Gasteiger partial charge < -0.3 is 24.8 Å². The van der Waals surface area contributed by atoms with Gasteiger partial charge in [0.15, 0.2) is 23.1 Å². The molecule has 4 aromatic carbocycles. The normalized spacial score (nSPS) is 10.6. The lowest BCUT2D eigenvalue weighted by Gasteiger charge is -2.24. The van der Waals surface area contributed by atoms with E-state index in [1.807, 2.05) is 48.5 Å². The number of benzene rings is 4. The quantitative estimate of drug-likeness (QED) is 0.244. The Morgan fingerprint density at radius 2 is 1.58 bits per heavy atom. The zero-order chi connectivity index (χ0) is 26.7. The fourth-order valence-corrected chi connectivity index (χ4v) is 3.93. The molecule has 2 N–H and O–H groups in total. The number of amides is 1. The van der Waals surface area contributed by atoms with Crippen molar-refractivity contribution in [3.8, 4) is 23.0 Å². The summed E-state index contributed by atoms with van der Waals surface area (Å²) in [5, 5.41) is 0. The summed E-state index contributed by atoms with van der Waals surface area (Å²) >= 11 is 0.